The molecule has 35 heavy (non-hydrogen) atoms. The summed E-state index contributed by atoms with van der Waals surface area (Å²) in [6.07, 6.45) is -2.47. The zero-order valence-electron chi connectivity index (χ0n) is 19.6. The molecule has 0 atom stereocenters. The number of hydrogen-bond donors (Lipinski definition) is 3. The molecule has 2 aromatic rings. The van der Waals surface area contributed by atoms with Crippen LogP contribution in [0.1, 0.15) is 44.2 Å². The molecule has 0 unspecified atom stereocenters. The van der Waals surface area contributed by atoms with E-state index in [1.807, 2.05) is 25.1 Å². The number of carbonyl (C=O) groups is 2. The van der Waals surface area contributed by atoms with E-state index in [2.05, 4.69) is 23.9 Å². The molecule has 1 saturated carbocycles. The van der Waals surface area contributed by atoms with Gasteiger partial charge < -0.3 is 10.4 Å². The van der Waals surface area contributed by atoms with E-state index < -0.39 is 27.6 Å². The maximum absolute atomic E-state index is 12.6. The summed E-state index contributed by atoms with van der Waals surface area (Å²) in [5, 5.41) is 10.2. The van der Waals surface area contributed by atoms with Crippen LogP contribution in [0.4, 0.5) is 18.9 Å². The van der Waals surface area contributed by atoms with Crippen molar-refractivity contribution in [3.8, 4) is 0 Å². The van der Waals surface area contributed by atoms with Crippen molar-refractivity contribution in [2.45, 2.75) is 56.5 Å². The predicted octanol–water partition coefficient (Wildman–Crippen LogP) is 4.62. The highest BCUT2D eigenvalue weighted by Crippen LogP contribution is 2.48. The first kappa shape index (κ1) is 28.2. The first-order chi connectivity index (χ1) is 16.2. The molecule has 1 aliphatic rings. The lowest BCUT2D eigenvalue weighted by Gasteiger charge is -2.17. The SMILES string of the molecule is Cc1cccc(S(=O)(=O)Nc2ccc(C3(C(=O)NCCC(C)C)CC3)cc2)c1.O=C(O)C(F)(F)F. The predicted molar refractivity (Wildman–Crippen MR) is 125 cm³/mol. The number of carboxylic acids is 1. The zero-order valence-corrected chi connectivity index (χ0v) is 20.5. The molecular formula is C24H29F3N2O5S. The van der Waals surface area contributed by atoms with Crippen molar-refractivity contribution >= 4 is 27.6 Å². The largest absolute Gasteiger partial charge is 0.490 e. The highest BCUT2D eigenvalue weighted by molar-refractivity contribution is 7.92. The van der Waals surface area contributed by atoms with E-state index in [0.717, 1.165) is 30.4 Å². The van der Waals surface area contributed by atoms with Crippen LogP contribution in [0.25, 0.3) is 0 Å². The lowest BCUT2D eigenvalue weighted by Crippen LogP contribution is -2.35. The molecule has 0 spiro atoms. The van der Waals surface area contributed by atoms with Gasteiger partial charge in [-0.1, -0.05) is 38.1 Å². The molecule has 0 heterocycles. The number of hydrogen-bond acceptors (Lipinski definition) is 4. The first-order valence-electron chi connectivity index (χ1n) is 11.0. The molecule has 1 amide bonds. The second-order valence-electron chi connectivity index (χ2n) is 8.82. The number of carbonyl (C=O) groups excluding carboxylic acids is 1. The summed E-state index contributed by atoms with van der Waals surface area (Å²) in [7, 11) is -3.63. The number of halogens is 3. The van der Waals surface area contributed by atoms with Crippen molar-refractivity contribution < 1.29 is 36.3 Å². The van der Waals surface area contributed by atoms with Gasteiger partial charge in [0.15, 0.2) is 0 Å². The summed E-state index contributed by atoms with van der Waals surface area (Å²) >= 11 is 0. The third-order valence-corrected chi connectivity index (χ3v) is 6.80. The minimum absolute atomic E-state index is 0.0706. The highest BCUT2D eigenvalue weighted by Gasteiger charge is 2.51. The molecule has 7 nitrogen and oxygen atoms in total. The van der Waals surface area contributed by atoms with Crippen molar-refractivity contribution in [3.63, 3.8) is 0 Å². The Labute approximate surface area is 202 Å². The zero-order chi connectivity index (χ0) is 26.4. The number of carboxylic acid groups (broad SMARTS) is 1. The van der Waals surface area contributed by atoms with E-state index >= 15 is 0 Å². The van der Waals surface area contributed by atoms with Crippen LogP contribution in [0.2, 0.25) is 0 Å². The number of amides is 1. The van der Waals surface area contributed by atoms with Gasteiger partial charge in [-0.15, -0.1) is 0 Å². The van der Waals surface area contributed by atoms with E-state index in [1.54, 1.807) is 30.3 Å². The van der Waals surface area contributed by atoms with Crippen LogP contribution in [-0.2, 0) is 25.0 Å². The number of alkyl halides is 3. The average molecular weight is 515 g/mol. The van der Waals surface area contributed by atoms with Crippen LogP contribution in [-0.4, -0.2) is 38.1 Å². The number of nitrogens with one attached hydrogen (secondary N) is 2. The quantitative estimate of drug-likeness (QED) is 0.476. The van der Waals surface area contributed by atoms with Crippen LogP contribution in [0.3, 0.4) is 0 Å². The Morgan fingerprint density at radius 3 is 2.11 bits per heavy atom. The van der Waals surface area contributed by atoms with Gasteiger partial charge in [-0.05, 0) is 67.5 Å². The van der Waals surface area contributed by atoms with Crippen LogP contribution in [0, 0.1) is 12.8 Å². The first-order valence-corrected chi connectivity index (χ1v) is 12.4. The van der Waals surface area contributed by atoms with Crippen molar-refractivity contribution in [2.75, 3.05) is 11.3 Å². The fourth-order valence-corrected chi connectivity index (χ4v) is 4.43. The lowest BCUT2D eigenvalue weighted by atomic mass is 9.94. The molecule has 1 fully saturated rings. The third-order valence-electron chi connectivity index (χ3n) is 5.42. The lowest BCUT2D eigenvalue weighted by molar-refractivity contribution is -0.192. The Hall–Kier alpha value is -3.08. The van der Waals surface area contributed by atoms with Gasteiger partial charge in [-0.2, -0.15) is 13.2 Å². The topological polar surface area (TPSA) is 113 Å². The molecule has 192 valence electrons. The van der Waals surface area contributed by atoms with E-state index in [-0.39, 0.29) is 10.8 Å². The average Bonchev–Trinajstić information content (AvgIpc) is 3.55. The minimum Gasteiger partial charge on any atom is -0.475 e. The van der Waals surface area contributed by atoms with Crippen molar-refractivity contribution in [2.24, 2.45) is 5.92 Å². The second kappa shape index (κ2) is 11.1. The van der Waals surface area contributed by atoms with Crippen LogP contribution in [0.15, 0.2) is 53.4 Å². The number of rotatable bonds is 8. The van der Waals surface area contributed by atoms with Gasteiger partial charge in [-0.3, -0.25) is 9.52 Å². The Balaban J connectivity index is 0.000000540. The second-order valence-corrected chi connectivity index (χ2v) is 10.5. The molecule has 0 aromatic heterocycles. The van der Waals surface area contributed by atoms with Crippen LogP contribution < -0.4 is 10.0 Å². The number of aliphatic carboxylic acids is 1. The summed E-state index contributed by atoms with van der Waals surface area (Å²) in [5.41, 5.74) is 1.86. The summed E-state index contributed by atoms with van der Waals surface area (Å²) in [6.45, 7) is 6.81. The van der Waals surface area contributed by atoms with Gasteiger partial charge in [0.2, 0.25) is 5.91 Å². The van der Waals surface area contributed by atoms with Crippen molar-refractivity contribution in [1.82, 2.24) is 5.32 Å². The molecule has 0 aliphatic heterocycles. The molecule has 0 bridgehead atoms. The fourth-order valence-electron chi connectivity index (χ4n) is 3.27. The van der Waals surface area contributed by atoms with Crippen LogP contribution in [0.5, 0.6) is 0 Å². The van der Waals surface area contributed by atoms with Gasteiger partial charge >= 0.3 is 12.1 Å². The molecule has 3 N–H and O–H groups in total. The number of anilines is 1. The summed E-state index contributed by atoms with van der Waals surface area (Å²) in [5.74, 6) is -2.13. The number of benzene rings is 2. The summed E-state index contributed by atoms with van der Waals surface area (Å²) < 4.78 is 59.5. The summed E-state index contributed by atoms with van der Waals surface area (Å²) in [6, 6.07) is 13.9. The van der Waals surface area contributed by atoms with Gasteiger partial charge in [-0.25, -0.2) is 13.2 Å². The molecule has 11 heteroatoms. The van der Waals surface area contributed by atoms with Crippen LogP contribution >= 0.6 is 0 Å². The minimum atomic E-state index is -5.08. The standard InChI is InChI=1S/C22H28N2O3S.C2HF3O2/c1-16(2)11-14-23-21(25)22(12-13-22)18-7-9-19(10-8-18)24-28(26,27)20-6-4-5-17(3)15-20;3-2(4,5)1(6)7/h4-10,15-16,24H,11-14H2,1-3H3,(H,23,25);(H,6,7). The van der Waals surface area contributed by atoms with E-state index in [0.29, 0.717) is 18.2 Å². The molecular weight excluding hydrogens is 485 g/mol. The molecule has 3 rings (SSSR count). The Morgan fingerprint density at radius 1 is 1.09 bits per heavy atom. The van der Waals surface area contributed by atoms with Gasteiger partial charge in [0, 0.05) is 12.2 Å². The van der Waals surface area contributed by atoms with Crippen molar-refractivity contribution in [3.05, 3.63) is 59.7 Å². The van der Waals surface area contributed by atoms with Gasteiger partial charge in [0.25, 0.3) is 10.0 Å². The normalized spacial score (nSPS) is 14.5. The summed E-state index contributed by atoms with van der Waals surface area (Å²) in [4.78, 5) is 21.7. The maximum Gasteiger partial charge on any atom is 0.490 e. The van der Waals surface area contributed by atoms with E-state index in [9.17, 15) is 26.4 Å². The molecule has 2 aromatic carbocycles. The molecule has 0 radical (unpaired) electrons. The Morgan fingerprint density at radius 2 is 1.66 bits per heavy atom. The van der Waals surface area contributed by atoms with Crippen molar-refractivity contribution in [1.29, 1.82) is 0 Å². The third kappa shape index (κ3) is 7.98. The number of sulfonamides is 1. The Bertz CT molecular complexity index is 1140. The maximum atomic E-state index is 12.6. The van der Waals surface area contributed by atoms with Gasteiger partial charge in [0.1, 0.15) is 0 Å². The van der Waals surface area contributed by atoms with E-state index in [1.165, 1.54) is 0 Å². The smallest absolute Gasteiger partial charge is 0.475 e. The Kier molecular flexibility index (Phi) is 8.94. The highest BCUT2D eigenvalue weighted by atomic mass is 32.2. The monoisotopic (exact) mass is 514 g/mol. The fraction of sp³-hybridized carbons (Fsp3) is 0.417. The van der Waals surface area contributed by atoms with Gasteiger partial charge in [0.05, 0.1) is 10.3 Å². The molecule has 1 aliphatic carbocycles. The molecule has 0 saturated heterocycles. The number of aryl methyl sites for hydroxylation is 1. The van der Waals surface area contributed by atoms with E-state index in [4.69, 9.17) is 9.90 Å².